The molecule has 0 aromatic rings. The first-order valence-corrected chi connectivity index (χ1v) is 6.22. The molecule has 2 N–H and O–H groups in total. The molecule has 0 spiro atoms. The highest BCUT2D eigenvalue weighted by Gasteiger charge is 2.17. The van der Waals surface area contributed by atoms with E-state index in [9.17, 15) is 4.79 Å². The molecule has 4 heteroatoms. The van der Waals surface area contributed by atoms with Crippen LogP contribution in [0.4, 0.5) is 0 Å². The normalized spacial score (nSPS) is 14.1. The lowest BCUT2D eigenvalue weighted by Crippen LogP contribution is -2.22. The quantitative estimate of drug-likeness (QED) is 0.370. The molecular formula is C13H24O4. The predicted octanol–water partition coefficient (Wildman–Crippen LogP) is 2.00. The molecule has 0 amide bonds. The summed E-state index contributed by atoms with van der Waals surface area (Å²) < 4.78 is 4.58. The maximum atomic E-state index is 11.4. The van der Waals surface area contributed by atoms with Gasteiger partial charge in [0.2, 0.25) is 6.29 Å². The van der Waals surface area contributed by atoms with Crippen LogP contribution in [0.2, 0.25) is 0 Å². The lowest BCUT2D eigenvalue weighted by molar-refractivity contribution is -0.169. The van der Waals surface area contributed by atoms with Crippen LogP contribution in [-0.2, 0) is 9.53 Å². The van der Waals surface area contributed by atoms with Crippen molar-refractivity contribution in [2.45, 2.75) is 52.2 Å². The van der Waals surface area contributed by atoms with Gasteiger partial charge in [0.1, 0.15) is 6.61 Å². The summed E-state index contributed by atoms with van der Waals surface area (Å²) >= 11 is 0. The number of aliphatic hydroxyl groups is 2. The van der Waals surface area contributed by atoms with E-state index < -0.39 is 18.9 Å². The van der Waals surface area contributed by atoms with Crippen molar-refractivity contribution in [3.63, 3.8) is 0 Å². The number of aliphatic hydroxyl groups excluding tert-OH is 2. The van der Waals surface area contributed by atoms with Gasteiger partial charge in [0.05, 0.1) is 0 Å². The van der Waals surface area contributed by atoms with Crippen molar-refractivity contribution in [1.29, 1.82) is 0 Å². The van der Waals surface area contributed by atoms with Gasteiger partial charge in [-0.15, -0.1) is 0 Å². The van der Waals surface area contributed by atoms with E-state index >= 15 is 0 Å². The van der Waals surface area contributed by atoms with Crippen molar-refractivity contribution in [1.82, 2.24) is 0 Å². The minimum atomic E-state index is -1.45. The Balaban J connectivity index is 4.07. The van der Waals surface area contributed by atoms with E-state index in [1.807, 2.05) is 0 Å². The SMILES string of the molecule is C=C(CC(CC)CCCC)C(=O)OC(O)CO. The van der Waals surface area contributed by atoms with E-state index in [2.05, 4.69) is 25.2 Å². The van der Waals surface area contributed by atoms with Gasteiger partial charge in [-0.25, -0.2) is 4.79 Å². The zero-order valence-corrected chi connectivity index (χ0v) is 10.8. The molecule has 17 heavy (non-hydrogen) atoms. The van der Waals surface area contributed by atoms with Crippen molar-refractivity contribution >= 4 is 5.97 Å². The number of unbranched alkanes of at least 4 members (excludes halogenated alkanes) is 1. The van der Waals surface area contributed by atoms with Crippen LogP contribution in [0.1, 0.15) is 46.0 Å². The van der Waals surface area contributed by atoms with Crippen LogP contribution >= 0.6 is 0 Å². The number of hydrogen-bond acceptors (Lipinski definition) is 4. The van der Waals surface area contributed by atoms with Gasteiger partial charge in [0, 0.05) is 5.57 Å². The standard InChI is InChI=1S/C13H24O4/c1-4-6-7-11(5-2)8-10(3)13(16)17-12(15)9-14/h11-12,14-15H,3-9H2,1-2H3. The van der Waals surface area contributed by atoms with Gasteiger partial charge in [-0.2, -0.15) is 0 Å². The molecule has 0 saturated heterocycles. The van der Waals surface area contributed by atoms with Crippen LogP contribution in [0.3, 0.4) is 0 Å². The van der Waals surface area contributed by atoms with Gasteiger partial charge in [0.15, 0.2) is 0 Å². The molecule has 0 heterocycles. The minimum Gasteiger partial charge on any atom is -0.430 e. The predicted molar refractivity (Wildman–Crippen MR) is 66.2 cm³/mol. The molecule has 0 radical (unpaired) electrons. The molecule has 0 aliphatic rings. The van der Waals surface area contributed by atoms with Gasteiger partial charge >= 0.3 is 5.97 Å². The summed E-state index contributed by atoms with van der Waals surface area (Å²) in [6, 6.07) is 0. The fourth-order valence-electron chi connectivity index (χ4n) is 1.62. The topological polar surface area (TPSA) is 66.8 Å². The Morgan fingerprint density at radius 2 is 2.06 bits per heavy atom. The maximum Gasteiger partial charge on any atom is 0.335 e. The second-order valence-electron chi connectivity index (χ2n) is 4.27. The summed E-state index contributed by atoms with van der Waals surface area (Å²) in [7, 11) is 0. The number of ether oxygens (including phenoxy) is 1. The van der Waals surface area contributed by atoms with E-state index in [0.717, 1.165) is 25.7 Å². The second kappa shape index (κ2) is 9.19. The average molecular weight is 244 g/mol. The van der Waals surface area contributed by atoms with Gasteiger partial charge in [-0.1, -0.05) is 46.1 Å². The summed E-state index contributed by atoms with van der Waals surface area (Å²) in [5.74, 6) is -0.192. The summed E-state index contributed by atoms with van der Waals surface area (Å²) in [5.41, 5.74) is 0.362. The third-order valence-corrected chi connectivity index (χ3v) is 2.77. The van der Waals surface area contributed by atoms with E-state index in [4.69, 9.17) is 10.2 Å². The Bertz CT molecular complexity index is 238. The van der Waals surface area contributed by atoms with Crippen molar-refractivity contribution in [2.75, 3.05) is 6.61 Å². The molecule has 0 aromatic carbocycles. The molecule has 2 unspecified atom stereocenters. The fraction of sp³-hybridized carbons (Fsp3) is 0.769. The number of carbonyl (C=O) groups excluding carboxylic acids is 1. The largest absolute Gasteiger partial charge is 0.430 e. The molecule has 0 rings (SSSR count). The van der Waals surface area contributed by atoms with E-state index in [-0.39, 0.29) is 0 Å². The van der Waals surface area contributed by atoms with Gasteiger partial charge < -0.3 is 14.9 Å². The number of carbonyl (C=O) groups is 1. The summed E-state index contributed by atoms with van der Waals surface area (Å²) in [5, 5.41) is 17.5. The Labute approximate surface area is 103 Å². The van der Waals surface area contributed by atoms with E-state index in [1.54, 1.807) is 0 Å². The van der Waals surface area contributed by atoms with Gasteiger partial charge in [0.25, 0.3) is 0 Å². The summed E-state index contributed by atoms with van der Waals surface area (Å²) in [4.78, 5) is 11.4. The van der Waals surface area contributed by atoms with Crippen LogP contribution in [0.15, 0.2) is 12.2 Å². The number of esters is 1. The highest BCUT2D eigenvalue weighted by atomic mass is 16.6. The molecule has 0 saturated carbocycles. The molecule has 0 fully saturated rings. The molecular weight excluding hydrogens is 220 g/mol. The number of rotatable bonds is 9. The Morgan fingerprint density at radius 1 is 1.41 bits per heavy atom. The first-order valence-electron chi connectivity index (χ1n) is 6.22. The third-order valence-electron chi connectivity index (χ3n) is 2.77. The van der Waals surface area contributed by atoms with E-state index in [0.29, 0.717) is 17.9 Å². The average Bonchev–Trinajstić information content (AvgIpc) is 2.33. The fourth-order valence-corrected chi connectivity index (χ4v) is 1.62. The van der Waals surface area contributed by atoms with Gasteiger partial charge in [-0.3, -0.25) is 0 Å². The molecule has 2 atom stereocenters. The summed E-state index contributed by atoms with van der Waals surface area (Å²) in [6.45, 7) is 7.30. The highest BCUT2D eigenvalue weighted by Crippen LogP contribution is 2.21. The molecule has 4 nitrogen and oxygen atoms in total. The second-order valence-corrected chi connectivity index (χ2v) is 4.27. The molecule has 100 valence electrons. The molecule has 0 aliphatic heterocycles. The zero-order chi connectivity index (χ0) is 13.3. The number of hydrogen-bond donors (Lipinski definition) is 2. The van der Waals surface area contributed by atoms with Crippen molar-refractivity contribution < 1.29 is 19.7 Å². The van der Waals surface area contributed by atoms with Gasteiger partial charge in [-0.05, 0) is 12.3 Å². The van der Waals surface area contributed by atoms with Crippen LogP contribution in [0, 0.1) is 5.92 Å². The zero-order valence-electron chi connectivity index (χ0n) is 10.8. The first kappa shape index (κ1) is 16.1. The maximum absolute atomic E-state index is 11.4. The Kier molecular flexibility index (Phi) is 8.72. The highest BCUT2D eigenvalue weighted by molar-refractivity contribution is 5.87. The molecule has 0 aromatic heterocycles. The van der Waals surface area contributed by atoms with Crippen molar-refractivity contribution in [3.05, 3.63) is 12.2 Å². The summed E-state index contributed by atoms with van der Waals surface area (Å²) in [6.07, 6.45) is 3.48. The molecule has 0 aliphatic carbocycles. The van der Waals surface area contributed by atoms with E-state index in [1.165, 1.54) is 0 Å². The monoisotopic (exact) mass is 244 g/mol. The Morgan fingerprint density at radius 3 is 2.53 bits per heavy atom. The first-order chi connectivity index (χ1) is 8.04. The van der Waals surface area contributed by atoms with Crippen LogP contribution in [0.5, 0.6) is 0 Å². The smallest absolute Gasteiger partial charge is 0.335 e. The molecule has 0 bridgehead atoms. The van der Waals surface area contributed by atoms with Crippen LogP contribution in [-0.4, -0.2) is 29.1 Å². The van der Waals surface area contributed by atoms with Crippen LogP contribution < -0.4 is 0 Å². The minimum absolute atomic E-state index is 0.362. The lowest BCUT2D eigenvalue weighted by atomic mass is 9.92. The third kappa shape index (κ3) is 7.13. The Hall–Kier alpha value is -0.870. The lowest BCUT2D eigenvalue weighted by Gasteiger charge is -2.16. The van der Waals surface area contributed by atoms with Crippen molar-refractivity contribution in [2.24, 2.45) is 5.92 Å². The van der Waals surface area contributed by atoms with Crippen LogP contribution in [0.25, 0.3) is 0 Å². The van der Waals surface area contributed by atoms with Crippen molar-refractivity contribution in [3.8, 4) is 0 Å².